The zero-order valence-electron chi connectivity index (χ0n) is 33.6. The van der Waals surface area contributed by atoms with Gasteiger partial charge in [0.1, 0.15) is 0 Å². The molecule has 290 valence electrons. The Morgan fingerprint density at radius 1 is 0.371 bits per heavy atom. The number of nitrogens with zero attached hydrogens (tertiary/aromatic N) is 5. The summed E-state index contributed by atoms with van der Waals surface area (Å²) in [5, 5.41) is 6.02. The minimum absolute atomic E-state index is 0.847. The predicted molar refractivity (Wildman–Crippen MR) is 258 cm³/mol. The summed E-state index contributed by atoms with van der Waals surface area (Å²) in [4.78, 5) is 17.5. The van der Waals surface area contributed by atoms with Gasteiger partial charge in [-0.3, -0.25) is 4.98 Å². The second-order valence-corrected chi connectivity index (χ2v) is 15.7. The minimum atomic E-state index is 0.847. The lowest BCUT2D eigenvalue weighted by molar-refractivity contribution is 1.17. The van der Waals surface area contributed by atoms with Gasteiger partial charge in [-0.15, -0.1) is 0 Å². The average Bonchev–Trinajstić information content (AvgIpc) is 3.68. The zero-order chi connectivity index (χ0) is 41.0. The van der Waals surface area contributed by atoms with Gasteiger partial charge in [-0.05, 0) is 107 Å². The van der Waals surface area contributed by atoms with Crippen LogP contribution < -0.4 is 4.90 Å². The van der Waals surface area contributed by atoms with Crippen molar-refractivity contribution in [1.29, 1.82) is 0 Å². The van der Waals surface area contributed by atoms with Gasteiger partial charge in [-0.2, -0.15) is 0 Å². The van der Waals surface area contributed by atoms with E-state index in [1.54, 1.807) is 0 Å². The normalized spacial score (nSPS) is 11.5. The molecule has 3 aromatic heterocycles. The second kappa shape index (κ2) is 14.7. The maximum Gasteiger partial charge on any atom is 0.0973 e. The molecule has 12 aromatic rings. The summed E-state index contributed by atoms with van der Waals surface area (Å²) < 4.78 is 2.38. The van der Waals surface area contributed by atoms with Crippen molar-refractivity contribution in [2.24, 2.45) is 0 Å². The van der Waals surface area contributed by atoms with E-state index in [9.17, 15) is 0 Å². The summed E-state index contributed by atoms with van der Waals surface area (Å²) in [6, 6.07) is 77.3. The number of aromatic nitrogens is 4. The summed E-state index contributed by atoms with van der Waals surface area (Å²) in [7, 11) is 0. The lowest BCUT2D eigenvalue weighted by atomic mass is 9.99. The van der Waals surface area contributed by atoms with E-state index < -0.39 is 0 Å². The van der Waals surface area contributed by atoms with Crippen molar-refractivity contribution in [3.05, 3.63) is 225 Å². The summed E-state index contributed by atoms with van der Waals surface area (Å²) in [5.74, 6) is 0. The molecule has 0 spiro atoms. The van der Waals surface area contributed by atoms with Gasteiger partial charge in [0.15, 0.2) is 0 Å². The Labute approximate surface area is 358 Å². The van der Waals surface area contributed by atoms with Crippen molar-refractivity contribution < 1.29 is 0 Å². The van der Waals surface area contributed by atoms with E-state index in [4.69, 9.17) is 15.0 Å². The first-order valence-corrected chi connectivity index (χ1v) is 20.9. The SMILES string of the molecule is c1ccc(-c2nc3ccccc3nc2-c2ccc(N(c3ccc(-n4c5ccccc5c5cc(-c6ccc7ccccc7c6)ccc54)cc3)c3cccc4cccnc34)cc2)cc1. The highest BCUT2D eigenvalue weighted by atomic mass is 15.1. The molecule has 0 aliphatic rings. The third-order valence-corrected chi connectivity index (χ3v) is 12.0. The molecule has 0 unspecified atom stereocenters. The lowest BCUT2D eigenvalue weighted by Gasteiger charge is -2.27. The standard InChI is InChI=1S/C57H37N5/c1-2-13-40(14-3-1)56-57(60-51-20-8-7-19-50(51)59-56)41-25-28-45(29-26-41)61(54-22-10-16-39-17-11-35-58-55(39)54)46-30-32-47(33-31-46)62-52-21-9-6-18-48(52)49-37-44(27-34-53(49)62)43-24-23-38-12-4-5-15-42(38)36-43/h1-37H. The Morgan fingerprint density at radius 2 is 0.952 bits per heavy atom. The maximum absolute atomic E-state index is 5.17. The van der Waals surface area contributed by atoms with Crippen LogP contribution in [-0.4, -0.2) is 19.5 Å². The van der Waals surface area contributed by atoms with Crippen LogP contribution in [0.15, 0.2) is 225 Å². The maximum atomic E-state index is 5.17. The number of para-hydroxylation sites is 4. The van der Waals surface area contributed by atoms with E-state index in [2.05, 4.69) is 179 Å². The van der Waals surface area contributed by atoms with Gasteiger partial charge in [-0.25, -0.2) is 9.97 Å². The third kappa shape index (κ3) is 6.06. The summed E-state index contributed by atoms with van der Waals surface area (Å²) in [6.07, 6.45) is 1.87. The molecule has 5 nitrogen and oxygen atoms in total. The van der Waals surface area contributed by atoms with Gasteiger partial charge in [0.25, 0.3) is 0 Å². The molecule has 0 fully saturated rings. The molecule has 0 saturated heterocycles. The fourth-order valence-electron chi connectivity index (χ4n) is 9.01. The first-order chi connectivity index (χ1) is 30.7. The fraction of sp³-hybridized carbons (Fsp3) is 0. The van der Waals surface area contributed by atoms with Gasteiger partial charge in [0, 0.05) is 50.5 Å². The Morgan fingerprint density at radius 3 is 1.74 bits per heavy atom. The molecule has 62 heavy (non-hydrogen) atoms. The minimum Gasteiger partial charge on any atom is -0.309 e. The molecule has 0 saturated carbocycles. The molecule has 0 aliphatic carbocycles. The molecule has 5 heteroatoms. The fourth-order valence-corrected chi connectivity index (χ4v) is 9.01. The van der Waals surface area contributed by atoms with Crippen LogP contribution in [-0.2, 0) is 0 Å². The van der Waals surface area contributed by atoms with Crippen molar-refractivity contribution in [3.63, 3.8) is 0 Å². The van der Waals surface area contributed by atoms with Crippen molar-refractivity contribution in [2.75, 3.05) is 4.90 Å². The van der Waals surface area contributed by atoms with E-state index >= 15 is 0 Å². The number of pyridine rings is 1. The van der Waals surface area contributed by atoms with E-state index in [1.165, 1.54) is 43.7 Å². The molecule has 9 aromatic carbocycles. The number of anilines is 3. The molecule has 0 atom stereocenters. The Kier molecular flexibility index (Phi) is 8.42. The summed E-state index contributed by atoms with van der Waals surface area (Å²) in [5.41, 5.74) is 15.3. The largest absolute Gasteiger partial charge is 0.309 e. The van der Waals surface area contributed by atoms with Gasteiger partial charge in [0.05, 0.1) is 44.7 Å². The molecular weight excluding hydrogens is 755 g/mol. The van der Waals surface area contributed by atoms with Crippen LogP contribution in [0.5, 0.6) is 0 Å². The van der Waals surface area contributed by atoms with Crippen LogP contribution in [0, 0.1) is 0 Å². The lowest BCUT2D eigenvalue weighted by Crippen LogP contribution is -2.11. The van der Waals surface area contributed by atoms with Gasteiger partial charge < -0.3 is 9.47 Å². The number of rotatable bonds is 7. The van der Waals surface area contributed by atoms with E-state index in [1.807, 2.05) is 54.7 Å². The average molecular weight is 792 g/mol. The third-order valence-electron chi connectivity index (χ3n) is 12.0. The predicted octanol–water partition coefficient (Wildman–Crippen LogP) is 14.9. The van der Waals surface area contributed by atoms with Crippen LogP contribution >= 0.6 is 0 Å². The van der Waals surface area contributed by atoms with E-state index in [-0.39, 0.29) is 0 Å². The smallest absolute Gasteiger partial charge is 0.0973 e. The second-order valence-electron chi connectivity index (χ2n) is 15.7. The van der Waals surface area contributed by atoms with E-state index in [0.717, 1.165) is 67.2 Å². The number of fused-ring (bicyclic) bond motifs is 6. The van der Waals surface area contributed by atoms with Crippen molar-refractivity contribution in [3.8, 4) is 39.3 Å². The van der Waals surface area contributed by atoms with Crippen molar-refractivity contribution in [2.45, 2.75) is 0 Å². The topological polar surface area (TPSA) is 46.8 Å². The number of hydrogen-bond donors (Lipinski definition) is 0. The monoisotopic (exact) mass is 791 g/mol. The van der Waals surface area contributed by atoms with E-state index in [0.29, 0.717) is 0 Å². The zero-order valence-corrected chi connectivity index (χ0v) is 33.6. The highest BCUT2D eigenvalue weighted by molar-refractivity contribution is 6.10. The highest BCUT2D eigenvalue weighted by Crippen LogP contribution is 2.41. The Balaban J connectivity index is 0.967. The molecule has 0 radical (unpaired) electrons. The summed E-state index contributed by atoms with van der Waals surface area (Å²) >= 11 is 0. The van der Waals surface area contributed by atoms with Gasteiger partial charge >= 0.3 is 0 Å². The molecule has 12 rings (SSSR count). The molecule has 0 amide bonds. The van der Waals surface area contributed by atoms with Crippen molar-refractivity contribution >= 4 is 71.6 Å². The van der Waals surface area contributed by atoms with Crippen LogP contribution in [0.2, 0.25) is 0 Å². The molecule has 3 heterocycles. The number of benzene rings is 9. The Bertz CT molecular complexity index is 3630. The van der Waals surface area contributed by atoms with Crippen molar-refractivity contribution in [1.82, 2.24) is 19.5 Å². The molecule has 0 bridgehead atoms. The van der Waals surface area contributed by atoms with Crippen LogP contribution in [0.1, 0.15) is 0 Å². The number of hydrogen-bond acceptors (Lipinski definition) is 4. The van der Waals surface area contributed by atoms with Gasteiger partial charge in [0.2, 0.25) is 0 Å². The van der Waals surface area contributed by atoms with Crippen LogP contribution in [0.25, 0.3) is 93.8 Å². The molecule has 0 aliphatic heterocycles. The molecule has 0 N–H and O–H groups in total. The quantitative estimate of drug-likeness (QED) is 0.161. The first kappa shape index (κ1) is 35.5. The highest BCUT2D eigenvalue weighted by Gasteiger charge is 2.20. The van der Waals surface area contributed by atoms with Crippen LogP contribution in [0.4, 0.5) is 17.1 Å². The Hall–Kier alpha value is -8.41. The molecular formula is C57H37N5. The van der Waals surface area contributed by atoms with Gasteiger partial charge in [-0.1, -0.05) is 133 Å². The first-order valence-electron chi connectivity index (χ1n) is 20.9. The summed E-state index contributed by atoms with van der Waals surface area (Å²) in [6.45, 7) is 0. The van der Waals surface area contributed by atoms with Crippen LogP contribution in [0.3, 0.4) is 0 Å².